The van der Waals surface area contributed by atoms with Crippen LogP contribution in [0.25, 0.3) is 11.0 Å². The maximum absolute atomic E-state index is 14.0. The van der Waals surface area contributed by atoms with E-state index in [0.717, 1.165) is 25.1 Å². The molecular weight excluding hydrogens is 435 g/mol. The van der Waals surface area contributed by atoms with Gasteiger partial charge >= 0.3 is 5.69 Å². The summed E-state index contributed by atoms with van der Waals surface area (Å²) in [7, 11) is 0. The zero-order valence-corrected chi connectivity index (χ0v) is 18.6. The van der Waals surface area contributed by atoms with Crippen molar-refractivity contribution in [2.24, 2.45) is 5.92 Å². The van der Waals surface area contributed by atoms with Gasteiger partial charge in [0.2, 0.25) is 5.91 Å². The Morgan fingerprint density at radius 2 is 1.69 bits per heavy atom. The van der Waals surface area contributed by atoms with Crippen molar-refractivity contribution in [2.75, 3.05) is 11.5 Å². The summed E-state index contributed by atoms with van der Waals surface area (Å²) >= 11 is -0.900. The summed E-state index contributed by atoms with van der Waals surface area (Å²) in [6, 6.07) is 0.687. The normalized spacial score (nSPS) is 28.6. The summed E-state index contributed by atoms with van der Waals surface area (Å²) in [5.41, 5.74) is -0.747. The summed E-state index contributed by atoms with van der Waals surface area (Å²) in [4.78, 5) is 43.0. The minimum absolute atomic E-state index is 0.0603. The predicted molar refractivity (Wildman–Crippen MR) is 119 cm³/mol. The van der Waals surface area contributed by atoms with Gasteiger partial charge < -0.3 is 9.87 Å². The zero-order valence-electron chi connectivity index (χ0n) is 17.8. The highest BCUT2D eigenvalue weighted by Crippen LogP contribution is 2.32. The van der Waals surface area contributed by atoms with Gasteiger partial charge in [-0.25, -0.2) is 14.2 Å². The summed E-state index contributed by atoms with van der Waals surface area (Å²) < 4.78 is 28.6. The van der Waals surface area contributed by atoms with E-state index in [9.17, 15) is 23.3 Å². The van der Waals surface area contributed by atoms with Gasteiger partial charge in [-0.1, -0.05) is 11.2 Å². The van der Waals surface area contributed by atoms with Crippen molar-refractivity contribution in [2.45, 2.75) is 69.5 Å². The topological polar surface area (TPSA) is 109 Å². The Morgan fingerprint density at radius 3 is 2.34 bits per heavy atom. The van der Waals surface area contributed by atoms with E-state index < -0.39 is 28.2 Å². The third-order valence-electron chi connectivity index (χ3n) is 7.00. The number of pyridine rings is 1. The summed E-state index contributed by atoms with van der Waals surface area (Å²) in [5, 5.41) is 3.19. The molecule has 2 aromatic rings. The van der Waals surface area contributed by atoms with Gasteiger partial charge in [-0.05, 0) is 44.6 Å². The van der Waals surface area contributed by atoms with E-state index in [-0.39, 0.29) is 41.0 Å². The van der Waals surface area contributed by atoms with E-state index in [1.54, 1.807) is 0 Å². The predicted octanol–water partition coefficient (Wildman–Crippen LogP) is 1.79. The number of hydrogen-bond donors (Lipinski definition) is 1. The average Bonchev–Trinajstić information content (AvgIpc) is 3.62. The minimum atomic E-state index is -0.900. The van der Waals surface area contributed by atoms with Gasteiger partial charge in [0.1, 0.15) is 23.0 Å². The molecule has 0 atom stereocenters. The van der Waals surface area contributed by atoms with Crippen LogP contribution in [-0.2, 0) is 16.0 Å². The number of aromatic nitrogens is 3. The van der Waals surface area contributed by atoms with Gasteiger partial charge in [0.25, 0.3) is 5.56 Å². The van der Waals surface area contributed by atoms with E-state index in [0.29, 0.717) is 50.0 Å². The van der Waals surface area contributed by atoms with Crippen LogP contribution in [0.2, 0.25) is 0 Å². The van der Waals surface area contributed by atoms with E-state index in [1.807, 2.05) is 0 Å². The van der Waals surface area contributed by atoms with Crippen LogP contribution in [0.5, 0.6) is 0 Å². The third kappa shape index (κ3) is 4.10. The Balaban J connectivity index is 1.48. The molecule has 1 amide bonds. The molecule has 2 aliphatic carbocycles. The molecule has 0 aromatic carbocycles. The quantitative estimate of drug-likeness (QED) is 0.697. The fourth-order valence-electron chi connectivity index (χ4n) is 5.04. The average molecular weight is 463 g/mol. The van der Waals surface area contributed by atoms with Crippen LogP contribution >= 0.6 is 0 Å². The van der Waals surface area contributed by atoms with Crippen LogP contribution < -0.4 is 16.6 Å². The molecule has 2 aromatic heterocycles. The molecule has 3 fully saturated rings. The lowest BCUT2D eigenvalue weighted by Gasteiger charge is -2.32. The Hall–Kier alpha value is -2.20. The second-order valence-electron chi connectivity index (χ2n) is 9.22. The van der Waals surface area contributed by atoms with Gasteiger partial charge in [-0.3, -0.25) is 18.7 Å². The second kappa shape index (κ2) is 8.62. The highest BCUT2D eigenvalue weighted by Gasteiger charge is 2.34. The standard InChI is InChI=1S/C22H27FN4O4S/c23-14-11-18-19(24-12-14)26(17-7-9-32(31)10-8-17)22(30)27(21(18)29)16-5-3-15(4-6-16)25-20(28)13-1-2-13/h11-13,15-17H,1-10H2,(H,25,28)/t15-,16+,17?,32?. The van der Waals surface area contributed by atoms with Gasteiger partial charge in [-0.15, -0.1) is 0 Å². The number of fused-ring (bicyclic) bond motifs is 1. The van der Waals surface area contributed by atoms with Crippen LogP contribution in [-0.4, -0.2) is 42.1 Å². The first kappa shape index (κ1) is 21.6. The van der Waals surface area contributed by atoms with Crippen molar-refractivity contribution in [3.8, 4) is 0 Å². The van der Waals surface area contributed by atoms with Crippen LogP contribution in [0.15, 0.2) is 21.9 Å². The lowest BCUT2D eigenvalue weighted by Crippen LogP contribution is -2.47. The third-order valence-corrected chi connectivity index (χ3v) is 8.38. The molecule has 3 heterocycles. The fourth-order valence-corrected chi connectivity index (χ4v) is 6.31. The number of hydrogen-bond acceptors (Lipinski definition) is 5. The molecule has 172 valence electrons. The Labute approximate surface area is 187 Å². The Bertz CT molecular complexity index is 1150. The maximum atomic E-state index is 14.0. The van der Waals surface area contributed by atoms with Gasteiger partial charge in [0.05, 0.1) is 11.6 Å². The zero-order chi connectivity index (χ0) is 22.4. The van der Waals surface area contributed by atoms with E-state index in [2.05, 4.69) is 10.3 Å². The van der Waals surface area contributed by atoms with Crippen molar-refractivity contribution >= 4 is 28.1 Å². The van der Waals surface area contributed by atoms with E-state index in [4.69, 9.17) is 0 Å². The van der Waals surface area contributed by atoms with Crippen molar-refractivity contribution in [3.05, 3.63) is 38.9 Å². The number of amides is 1. The van der Waals surface area contributed by atoms with Crippen molar-refractivity contribution < 1.29 is 13.7 Å². The first-order chi connectivity index (χ1) is 15.4. The number of nitrogens with one attached hydrogen (secondary N) is 1. The molecule has 0 spiro atoms. The smallest absolute Gasteiger partial charge is 0.333 e. The number of nitrogens with zero attached hydrogens (tertiary/aromatic N) is 3. The molecule has 1 aliphatic heterocycles. The van der Waals surface area contributed by atoms with Gasteiger partial charge in [0, 0.05) is 36.9 Å². The fraction of sp³-hybridized carbons (Fsp3) is 0.636. The lowest BCUT2D eigenvalue weighted by molar-refractivity contribution is -0.123. The van der Waals surface area contributed by atoms with Gasteiger partial charge in [-0.2, -0.15) is 0 Å². The van der Waals surface area contributed by atoms with E-state index >= 15 is 0 Å². The molecule has 10 heteroatoms. The molecule has 0 radical (unpaired) electrons. The van der Waals surface area contributed by atoms with Crippen molar-refractivity contribution in [3.63, 3.8) is 0 Å². The molecule has 8 nitrogen and oxygen atoms in total. The van der Waals surface area contributed by atoms with Crippen LogP contribution in [0.4, 0.5) is 4.39 Å². The SMILES string of the molecule is O=C(N[C@H]1CC[C@@H](n2c(=O)c3cc(F)cnc3n(C3CC[S+]([O-])CC3)c2=O)CC1)C1CC1. The highest BCUT2D eigenvalue weighted by atomic mass is 32.2. The molecule has 1 N–H and O–H groups in total. The maximum Gasteiger partial charge on any atom is 0.333 e. The molecule has 3 aliphatic rings. The van der Waals surface area contributed by atoms with Gasteiger partial charge in [0.15, 0.2) is 0 Å². The van der Waals surface area contributed by atoms with Crippen molar-refractivity contribution in [1.29, 1.82) is 0 Å². The molecule has 5 rings (SSSR count). The first-order valence-corrected chi connectivity index (χ1v) is 12.9. The first-order valence-electron chi connectivity index (χ1n) is 11.4. The number of carbonyl (C=O) groups is 1. The molecule has 1 saturated heterocycles. The molecule has 2 saturated carbocycles. The van der Waals surface area contributed by atoms with Crippen molar-refractivity contribution in [1.82, 2.24) is 19.4 Å². The lowest BCUT2D eigenvalue weighted by atomic mass is 9.90. The minimum Gasteiger partial charge on any atom is -0.616 e. The summed E-state index contributed by atoms with van der Waals surface area (Å²) in [6.07, 6.45) is 6.60. The van der Waals surface area contributed by atoms with Crippen LogP contribution in [0, 0.1) is 11.7 Å². The molecule has 0 unspecified atom stereocenters. The second-order valence-corrected chi connectivity index (χ2v) is 10.9. The Morgan fingerprint density at radius 1 is 1.03 bits per heavy atom. The summed E-state index contributed by atoms with van der Waals surface area (Å²) in [5.74, 6) is 0.614. The monoisotopic (exact) mass is 462 g/mol. The number of halogens is 1. The number of rotatable bonds is 4. The Kier molecular flexibility index (Phi) is 5.83. The highest BCUT2D eigenvalue weighted by molar-refractivity contribution is 7.91. The van der Waals surface area contributed by atoms with Crippen LogP contribution in [0.1, 0.15) is 63.5 Å². The molecule has 32 heavy (non-hydrogen) atoms. The largest absolute Gasteiger partial charge is 0.616 e. The molecule has 0 bridgehead atoms. The van der Waals surface area contributed by atoms with E-state index in [1.165, 1.54) is 9.13 Å². The number of carbonyl (C=O) groups excluding carboxylic acids is 1. The molecular formula is C22H27FN4O4S. The van der Waals surface area contributed by atoms with Crippen LogP contribution in [0.3, 0.4) is 0 Å². The summed E-state index contributed by atoms with van der Waals surface area (Å²) in [6.45, 7) is 0.